The SMILES string of the molecule is CC(C)n1cnc2cc(-c3ccc4c(c3)N([C@H]3C[C@@H](N5CCC[C@H](F)C5)C3)C(=O)C43CCNCC3)nc(NC3CC3)c21. The van der Waals surface area contributed by atoms with E-state index in [1.165, 1.54) is 18.4 Å². The summed E-state index contributed by atoms with van der Waals surface area (Å²) in [6.07, 6.45) is 8.64. The molecule has 4 fully saturated rings. The average Bonchev–Trinajstić information content (AvgIpc) is 3.63. The second-order valence-corrected chi connectivity index (χ2v) is 13.6. The Morgan fingerprint density at radius 3 is 2.64 bits per heavy atom. The highest BCUT2D eigenvalue weighted by molar-refractivity contribution is 6.09. The third-order valence-corrected chi connectivity index (χ3v) is 10.5. The van der Waals surface area contributed by atoms with E-state index in [0.29, 0.717) is 25.0 Å². The van der Waals surface area contributed by atoms with Crippen LogP contribution < -0.4 is 15.5 Å². The van der Waals surface area contributed by atoms with Gasteiger partial charge in [-0.1, -0.05) is 12.1 Å². The summed E-state index contributed by atoms with van der Waals surface area (Å²) in [6.45, 7) is 7.56. The van der Waals surface area contributed by atoms with Gasteiger partial charge in [0.1, 0.15) is 11.7 Å². The Bertz CT molecular complexity index is 1520. The molecule has 1 aromatic carbocycles. The van der Waals surface area contributed by atoms with Crippen LogP contribution in [0.1, 0.15) is 76.8 Å². The van der Waals surface area contributed by atoms with Gasteiger partial charge in [0.15, 0.2) is 5.82 Å². The number of rotatable bonds is 6. The van der Waals surface area contributed by atoms with Crippen molar-refractivity contribution in [1.82, 2.24) is 24.8 Å². The Hall–Kier alpha value is -3.04. The smallest absolute Gasteiger partial charge is 0.238 e. The molecule has 222 valence electrons. The molecule has 1 spiro atoms. The average molecular weight is 572 g/mol. The van der Waals surface area contributed by atoms with Gasteiger partial charge in [0.05, 0.1) is 23.0 Å². The van der Waals surface area contributed by atoms with Crippen LogP contribution in [0.15, 0.2) is 30.6 Å². The second kappa shape index (κ2) is 10.0. The van der Waals surface area contributed by atoms with E-state index in [0.717, 1.165) is 85.5 Å². The molecule has 3 aliphatic heterocycles. The number of anilines is 2. The Morgan fingerprint density at radius 2 is 1.90 bits per heavy atom. The van der Waals surface area contributed by atoms with E-state index in [-0.39, 0.29) is 18.0 Å². The maximum Gasteiger partial charge on any atom is 0.238 e. The molecule has 42 heavy (non-hydrogen) atoms. The van der Waals surface area contributed by atoms with Crippen molar-refractivity contribution >= 4 is 28.4 Å². The molecule has 0 radical (unpaired) electrons. The van der Waals surface area contributed by atoms with Gasteiger partial charge in [-0.2, -0.15) is 0 Å². The van der Waals surface area contributed by atoms with Crippen LogP contribution in [0.25, 0.3) is 22.3 Å². The molecule has 5 aliphatic rings. The molecule has 0 bridgehead atoms. The van der Waals surface area contributed by atoms with Gasteiger partial charge in [-0.3, -0.25) is 9.69 Å². The fourth-order valence-corrected chi connectivity index (χ4v) is 7.92. The summed E-state index contributed by atoms with van der Waals surface area (Å²) in [4.78, 5) is 28.8. The van der Waals surface area contributed by atoms with Crippen LogP contribution in [0.2, 0.25) is 0 Å². The lowest BCUT2D eigenvalue weighted by atomic mass is 9.74. The summed E-state index contributed by atoms with van der Waals surface area (Å²) in [5, 5.41) is 7.13. The summed E-state index contributed by atoms with van der Waals surface area (Å²) in [5.74, 6) is 1.16. The highest BCUT2D eigenvalue weighted by Gasteiger charge is 2.55. The molecule has 2 saturated heterocycles. The number of likely N-dealkylation sites (tertiary alicyclic amines) is 1. The van der Waals surface area contributed by atoms with Crippen molar-refractivity contribution in [3.8, 4) is 11.3 Å². The molecule has 9 heteroatoms. The number of hydrogen-bond acceptors (Lipinski definition) is 6. The Labute approximate surface area is 247 Å². The van der Waals surface area contributed by atoms with Gasteiger partial charge in [0.2, 0.25) is 5.91 Å². The lowest BCUT2D eigenvalue weighted by molar-refractivity contribution is -0.125. The van der Waals surface area contributed by atoms with Gasteiger partial charge in [-0.05, 0) is 103 Å². The zero-order valence-electron chi connectivity index (χ0n) is 24.8. The molecular weight excluding hydrogens is 529 g/mol. The number of alkyl halides is 1. The number of halogens is 1. The van der Waals surface area contributed by atoms with Gasteiger partial charge in [-0.15, -0.1) is 0 Å². The molecule has 0 unspecified atom stereocenters. The summed E-state index contributed by atoms with van der Waals surface area (Å²) in [5.41, 5.74) is 5.67. The maximum atomic E-state index is 14.4. The lowest BCUT2D eigenvalue weighted by Crippen LogP contribution is -2.59. The number of benzene rings is 1. The molecule has 8 nitrogen and oxygen atoms in total. The molecule has 1 atom stereocenters. The molecule has 1 amide bonds. The second-order valence-electron chi connectivity index (χ2n) is 13.6. The van der Waals surface area contributed by atoms with Crippen molar-refractivity contribution in [3.05, 3.63) is 36.2 Å². The predicted molar refractivity (Wildman–Crippen MR) is 164 cm³/mol. The van der Waals surface area contributed by atoms with Crippen LogP contribution in [-0.2, 0) is 10.2 Å². The lowest BCUT2D eigenvalue weighted by Gasteiger charge is -2.48. The number of carbonyl (C=O) groups is 1. The molecule has 5 heterocycles. The van der Waals surface area contributed by atoms with E-state index in [1.54, 1.807) is 0 Å². The van der Waals surface area contributed by atoms with Gasteiger partial charge < -0.3 is 20.1 Å². The van der Waals surface area contributed by atoms with E-state index in [2.05, 4.69) is 63.1 Å². The molecule has 2 saturated carbocycles. The van der Waals surface area contributed by atoms with Crippen molar-refractivity contribution < 1.29 is 9.18 Å². The maximum absolute atomic E-state index is 14.4. The number of piperidine rings is 2. The monoisotopic (exact) mass is 571 g/mol. The fourth-order valence-electron chi connectivity index (χ4n) is 7.92. The zero-order chi connectivity index (χ0) is 28.6. The number of aromatic nitrogens is 3. The highest BCUT2D eigenvalue weighted by Crippen LogP contribution is 2.51. The van der Waals surface area contributed by atoms with Gasteiger partial charge in [0.25, 0.3) is 0 Å². The summed E-state index contributed by atoms with van der Waals surface area (Å²) >= 11 is 0. The van der Waals surface area contributed by atoms with E-state index in [1.807, 2.05) is 6.33 Å². The third kappa shape index (κ3) is 4.26. The van der Waals surface area contributed by atoms with Gasteiger partial charge in [0, 0.05) is 42.0 Å². The standard InChI is InChI=1S/C33H42FN7O/c1-20(2)40-19-36-28-17-27(38-31(30(28)40)37-23-6-7-23)21-5-8-26-29(14-21)41(32(42)33(26)9-11-35-12-10-33)25-15-24(16-25)39-13-3-4-22(34)18-39/h5,8,14,17,19-20,22-25,35H,3-4,6-7,9-13,15-16,18H2,1-2H3,(H,37,38)/t22-,24-,25+/m0/s1. The van der Waals surface area contributed by atoms with Crippen LogP contribution in [-0.4, -0.2) is 75.8 Å². The first-order valence-corrected chi connectivity index (χ1v) is 16.1. The van der Waals surface area contributed by atoms with Crippen LogP contribution in [0.5, 0.6) is 0 Å². The number of nitrogens with one attached hydrogen (secondary N) is 2. The molecule has 2 aromatic heterocycles. The summed E-state index contributed by atoms with van der Waals surface area (Å²) < 4.78 is 16.4. The molecule has 2 aliphatic carbocycles. The number of hydrogen-bond donors (Lipinski definition) is 2. The van der Waals surface area contributed by atoms with Crippen LogP contribution >= 0.6 is 0 Å². The minimum atomic E-state index is -0.719. The fraction of sp³-hybridized carbons (Fsp3) is 0.606. The Balaban J connectivity index is 1.16. The summed E-state index contributed by atoms with van der Waals surface area (Å²) in [7, 11) is 0. The Kier molecular flexibility index (Phi) is 6.34. The first kappa shape index (κ1) is 26.6. The summed E-state index contributed by atoms with van der Waals surface area (Å²) in [6, 6.07) is 9.96. The molecular formula is C33H42FN7O. The largest absolute Gasteiger partial charge is 0.366 e. The van der Waals surface area contributed by atoms with E-state index >= 15 is 0 Å². The van der Waals surface area contributed by atoms with E-state index in [4.69, 9.17) is 9.97 Å². The van der Waals surface area contributed by atoms with Crippen molar-refractivity contribution in [2.75, 3.05) is 36.4 Å². The zero-order valence-corrected chi connectivity index (χ0v) is 24.8. The number of amides is 1. The number of imidazole rings is 1. The van der Waals surface area contributed by atoms with Crippen molar-refractivity contribution in [1.29, 1.82) is 0 Å². The van der Waals surface area contributed by atoms with Crippen LogP contribution in [0.4, 0.5) is 15.9 Å². The quantitative estimate of drug-likeness (QED) is 0.424. The molecule has 8 rings (SSSR count). The Morgan fingerprint density at radius 1 is 1.10 bits per heavy atom. The number of nitrogens with zero attached hydrogens (tertiary/aromatic N) is 5. The molecule has 2 N–H and O–H groups in total. The first-order chi connectivity index (χ1) is 20.4. The third-order valence-electron chi connectivity index (χ3n) is 10.5. The molecule has 3 aromatic rings. The van der Waals surface area contributed by atoms with Gasteiger partial charge >= 0.3 is 0 Å². The van der Waals surface area contributed by atoms with Gasteiger partial charge in [-0.25, -0.2) is 14.4 Å². The van der Waals surface area contributed by atoms with Crippen molar-refractivity contribution in [2.24, 2.45) is 0 Å². The van der Waals surface area contributed by atoms with Crippen LogP contribution in [0.3, 0.4) is 0 Å². The van der Waals surface area contributed by atoms with E-state index < -0.39 is 11.6 Å². The topological polar surface area (TPSA) is 78.3 Å². The van der Waals surface area contributed by atoms with Crippen LogP contribution in [0, 0.1) is 0 Å². The van der Waals surface area contributed by atoms with Crippen molar-refractivity contribution in [3.63, 3.8) is 0 Å². The minimum absolute atomic E-state index is 0.162. The number of fused-ring (bicyclic) bond motifs is 3. The highest BCUT2D eigenvalue weighted by atomic mass is 19.1. The minimum Gasteiger partial charge on any atom is -0.366 e. The first-order valence-electron chi connectivity index (χ1n) is 16.1. The predicted octanol–water partition coefficient (Wildman–Crippen LogP) is 5.19. The number of pyridine rings is 1. The number of carbonyl (C=O) groups excluding carboxylic acids is 1. The van der Waals surface area contributed by atoms with Crippen molar-refractivity contribution in [2.45, 2.75) is 101 Å². The normalized spacial score (nSPS) is 27.6. The van der Waals surface area contributed by atoms with E-state index in [9.17, 15) is 9.18 Å².